The van der Waals surface area contributed by atoms with Gasteiger partial charge in [-0.05, 0) is 113 Å². The van der Waals surface area contributed by atoms with Crippen molar-refractivity contribution < 1.29 is 29.3 Å². The van der Waals surface area contributed by atoms with E-state index < -0.39 is 11.4 Å². The van der Waals surface area contributed by atoms with Crippen molar-refractivity contribution in [2.75, 3.05) is 25.6 Å². The summed E-state index contributed by atoms with van der Waals surface area (Å²) in [5.41, 5.74) is 4.69. The standard InChI is InChI=1S/C54H84N2O6S/c1-7-9-10-11-12-13-14-15-16-17-18-19-20-25-36-63-50-39-48(56-62-53(4,5)6)46-37-42(28-21-23-33-57)45(30-22-24-34-58)51-47-38-44(59-40-43-29-26-27-41(3)55-43)31-32-49(47)61-54(50,52(46)51)60-35-8-2/h8,26-27,29,31-32,37-38,42,45,50-52,57-58H,2,7,9-25,28,30,33-36,39-40H2,1,3-6H3/t42-,45+,50-,51+,52+,54+/m0/s1. The third-order valence-corrected chi connectivity index (χ3v) is 14.6. The lowest BCUT2D eigenvalue weighted by molar-refractivity contribution is -0.223. The van der Waals surface area contributed by atoms with E-state index in [0.717, 1.165) is 90.4 Å². The minimum absolute atomic E-state index is 0.0290. The number of unbranched alkanes of at least 4 members (excludes halogenated alkanes) is 15. The molecule has 8 nitrogen and oxygen atoms in total. The molecule has 1 aromatic heterocycles. The first-order valence-electron chi connectivity index (χ1n) is 25.1. The van der Waals surface area contributed by atoms with Crippen LogP contribution in [-0.4, -0.2) is 63.1 Å². The lowest BCUT2D eigenvalue weighted by atomic mass is 9.56. The van der Waals surface area contributed by atoms with Crippen molar-refractivity contribution in [1.29, 1.82) is 0 Å². The number of pyridine rings is 1. The first-order valence-corrected chi connectivity index (χ1v) is 26.1. The van der Waals surface area contributed by atoms with Crippen LogP contribution in [-0.2, 0) is 16.2 Å². The molecule has 0 radical (unpaired) electrons. The van der Waals surface area contributed by atoms with Crippen molar-refractivity contribution in [2.24, 2.45) is 22.9 Å². The number of hydrogen-bond donors (Lipinski definition) is 2. The normalized spacial score (nSPS) is 23.4. The molecule has 1 aliphatic heterocycles. The lowest BCUT2D eigenvalue weighted by Gasteiger charge is -2.58. The molecule has 63 heavy (non-hydrogen) atoms. The van der Waals surface area contributed by atoms with E-state index in [2.05, 4.69) is 52.5 Å². The Labute approximate surface area is 386 Å². The molecular weight excluding hydrogens is 805 g/mol. The van der Waals surface area contributed by atoms with Gasteiger partial charge in [-0.2, -0.15) is 11.8 Å². The fourth-order valence-electron chi connectivity index (χ4n) is 10.1. The Hall–Kier alpha value is -2.85. The highest BCUT2D eigenvalue weighted by molar-refractivity contribution is 8.00. The van der Waals surface area contributed by atoms with E-state index in [1.807, 2.05) is 49.0 Å². The number of hydrogen-bond acceptors (Lipinski definition) is 9. The fourth-order valence-corrected chi connectivity index (χ4v) is 11.5. The monoisotopic (exact) mass is 889 g/mol. The van der Waals surface area contributed by atoms with Gasteiger partial charge in [-0.1, -0.05) is 127 Å². The summed E-state index contributed by atoms with van der Waals surface area (Å²) < 4.78 is 21.0. The molecule has 6 atom stereocenters. The van der Waals surface area contributed by atoms with Crippen molar-refractivity contribution >= 4 is 17.5 Å². The molecule has 2 N–H and O–H groups in total. The topological polar surface area (TPSA) is 103 Å². The van der Waals surface area contributed by atoms with Crippen LogP contribution in [0.5, 0.6) is 11.5 Å². The number of ether oxygens (including phenoxy) is 3. The molecule has 2 aromatic rings. The van der Waals surface area contributed by atoms with Crippen molar-refractivity contribution in [1.82, 2.24) is 4.98 Å². The highest BCUT2D eigenvalue weighted by Gasteiger charge is 2.64. The number of thioether (sulfide) groups is 1. The molecule has 0 unspecified atom stereocenters. The predicted molar refractivity (Wildman–Crippen MR) is 262 cm³/mol. The summed E-state index contributed by atoms with van der Waals surface area (Å²) >= 11 is 1.98. The zero-order chi connectivity index (χ0) is 44.9. The average molecular weight is 889 g/mol. The van der Waals surface area contributed by atoms with Crippen LogP contribution in [0.25, 0.3) is 0 Å². The number of fused-ring (bicyclic) bond motifs is 2. The molecule has 1 saturated carbocycles. The minimum Gasteiger partial charge on any atom is -0.487 e. The first kappa shape index (κ1) is 51.1. The summed E-state index contributed by atoms with van der Waals surface area (Å²) in [6.45, 7) is 15.7. The van der Waals surface area contributed by atoms with Gasteiger partial charge < -0.3 is 29.3 Å². The SMILES string of the molecule is C=CCO[C@@]12Oc3ccc(OCc4cccc(C)n4)cc3[C@H]3[C@H](CCCCO)[C@@H](CCCCO)C=C(C(=NOC(C)(C)C)C[C@@H]1SCCCCCCCCCCCCCCCC)[C@H]32. The van der Waals surface area contributed by atoms with E-state index in [4.69, 9.17) is 29.2 Å². The quantitative estimate of drug-likeness (QED) is 0.0438. The van der Waals surface area contributed by atoms with Crippen LogP contribution < -0.4 is 9.47 Å². The molecule has 2 aliphatic carbocycles. The summed E-state index contributed by atoms with van der Waals surface area (Å²) in [7, 11) is 0. The van der Waals surface area contributed by atoms with Gasteiger partial charge in [0.2, 0.25) is 5.79 Å². The van der Waals surface area contributed by atoms with Gasteiger partial charge in [0.25, 0.3) is 0 Å². The number of aliphatic hydroxyl groups excluding tert-OH is 2. The maximum absolute atomic E-state index is 9.98. The molecule has 0 spiro atoms. The fraction of sp³-hybridized carbons (Fsp3) is 0.704. The maximum atomic E-state index is 9.98. The molecule has 2 heterocycles. The van der Waals surface area contributed by atoms with Gasteiger partial charge in [0.1, 0.15) is 23.7 Å². The zero-order valence-corrected chi connectivity index (χ0v) is 40.7. The Morgan fingerprint density at radius 1 is 0.873 bits per heavy atom. The summed E-state index contributed by atoms with van der Waals surface area (Å²) in [6, 6.07) is 12.4. The van der Waals surface area contributed by atoms with E-state index in [1.165, 1.54) is 83.5 Å². The van der Waals surface area contributed by atoms with Crippen molar-refractivity contribution in [3.8, 4) is 11.5 Å². The predicted octanol–water partition coefficient (Wildman–Crippen LogP) is 13.6. The third-order valence-electron chi connectivity index (χ3n) is 13.2. The van der Waals surface area contributed by atoms with Gasteiger partial charge in [0, 0.05) is 36.8 Å². The Bertz CT molecular complexity index is 1710. The molecule has 1 fully saturated rings. The van der Waals surface area contributed by atoms with Crippen LogP contribution >= 0.6 is 11.8 Å². The van der Waals surface area contributed by atoms with Crippen LogP contribution in [0.15, 0.2) is 65.9 Å². The number of benzene rings is 1. The molecular formula is C54H84N2O6S. The van der Waals surface area contributed by atoms with Crippen LogP contribution in [0.2, 0.25) is 0 Å². The van der Waals surface area contributed by atoms with Gasteiger partial charge in [-0.3, -0.25) is 4.98 Å². The van der Waals surface area contributed by atoms with Crippen molar-refractivity contribution in [3.63, 3.8) is 0 Å². The second kappa shape index (κ2) is 26.9. The minimum atomic E-state index is -0.960. The Kier molecular flexibility index (Phi) is 21.9. The summed E-state index contributed by atoms with van der Waals surface area (Å²) in [4.78, 5) is 11.0. The molecule has 5 rings (SSSR count). The Morgan fingerprint density at radius 3 is 2.17 bits per heavy atom. The number of allylic oxidation sites excluding steroid dienone is 1. The molecule has 0 amide bonds. The second-order valence-electron chi connectivity index (χ2n) is 19.5. The van der Waals surface area contributed by atoms with Crippen LogP contribution in [0.4, 0.5) is 0 Å². The number of aliphatic hydroxyl groups is 2. The third kappa shape index (κ3) is 15.4. The molecule has 0 saturated heterocycles. The van der Waals surface area contributed by atoms with Gasteiger partial charge >= 0.3 is 0 Å². The second-order valence-corrected chi connectivity index (χ2v) is 20.8. The number of aryl methyl sites for hydroxylation is 1. The van der Waals surface area contributed by atoms with Crippen LogP contribution in [0.1, 0.15) is 185 Å². The highest BCUT2D eigenvalue weighted by atomic mass is 32.2. The smallest absolute Gasteiger partial charge is 0.230 e. The van der Waals surface area contributed by atoms with Crippen LogP contribution in [0, 0.1) is 24.7 Å². The number of rotatable bonds is 31. The Morgan fingerprint density at radius 2 is 1.54 bits per heavy atom. The highest BCUT2D eigenvalue weighted by Crippen LogP contribution is 2.62. The Balaban J connectivity index is 1.43. The van der Waals surface area contributed by atoms with Gasteiger partial charge in [-0.25, -0.2) is 0 Å². The van der Waals surface area contributed by atoms with E-state index >= 15 is 0 Å². The van der Waals surface area contributed by atoms with Gasteiger partial charge in [0.05, 0.1) is 29.2 Å². The maximum Gasteiger partial charge on any atom is 0.230 e. The molecule has 9 heteroatoms. The molecule has 0 bridgehead atoms. The van der Waals surface area contributed by atoms with Gasteiger partial charge in [0.15, 0.2) is 0 Å². The first-order chi connectivity index (χ1) is 30.6. The summed E-state index contributed by atoms with van der Waals surface area (Å²) in [5.74, 6) is 2.03. The van der Waals surface area contributed by atoms with E-state index in [9.17, 15) is 10.2 Å². The van der Waals surface area contributed by atoms with Crippen molar-refractivity contribution in [3.05, 3.63) is 77.7 Å². The summed E-state index contributed by atoms with van der Waals surface area (Å²) in [6.07, 6.45) is 29.1. The van der Waals surface area contributed by atoms with Gasteiger partial charge in [-0.15, -0.1) is 6.58 Å². The van der Waals surface area contributed by atoms with E-state index in [1.54, 1.807) is 0 Å². The van der Waals surface area contributed by atoms with Crippen molar-refractivity contribution in [2.45, 2.75) is 199 Å². The molecule has 3 aliphatic rings. The zero-order valence-electron chi connectivity index (χ0n) is 39.9. The number of oxime groups is 1. The number of aromatic nitrogens is 1. The lowest BCUT2D eigenvalue weighted by Crippen LogP contribution is -2.64. The van der Waals surface area contributed by atoms with Crippen LogP contribution in [0.3, 0.4) is 0 Å². The number of nitrogens with zero attached hydrogens (tertiary/aromatic N) is 2. The largest absolute Gasteiger partial charge is 0.487 e. The average Bonchev–Trinajstić information content (AvgIpc) is 3.26. The molecule has 1 aromatic carbocycles. The molecule has 352 valence electrons. The van der Waals surface area contributed by atoms with E-state index in [-0.39, 0.29) is 42.1 Å². The van der Waals surface area contributed by atoms with E-state index in [0.29, 0.717) is 19.6 Å². The summed E-state index contributed by atoms with van der Waals surface area (Å²) in [5, 5.41) is 24.8.